The fourth-order valence-corrected chi connectivity index (χ4v) is 6.60. The lowest BCUT2D eigenvalue weighted by atomic mass is 9.85. The highest BCUT2D eigenvalue weighted by molar-refractivity contribution is 7.84. The molecule has 2 aromatic rings. The molecule has 2 saturated carbocycles. The molecule has 1 aromatic heterocycles. The highest BCUT2D eigenvalue weighted by Crippen LogP contribution is 2.32. The molecule has 1 saturated heterocycles. The third kappa shape index (κ3) is 11.5. The quantitative estimate of drug-likeness (QED) is 0.195. The van der Waals surface area contributed by atoms with E-state index < -0.39 is 27.8 Å². The van der Waals surface area contributed by atoms with Crippen LogP contribution in [0.4, 0.5) is 5.13 Å². The summed E-state index contributed by atoms with van der Waals surface area (Å²) in [6, 6.07) is 6.91. The highest BCUT2D eigenvalue weighted by Gasteiger charge is 2.42. The summed E-state index contributed by atoms with van der Waals surface area (Å²) in [5.74, 6) is -0.0773. The van der Waals surface area contributed by atoms with Crippen LogP contribution in [0.5, 0.6) is 0 Å². The van der Waals surface area contributed by atoms with Gasteiger partial charge in [-0.15, -0.1) is 37.3 Å². The summed E-state index contributed by atoms with van der Waals surface area (Å²) in [6.07, 6.45) is 15.7. The van der Waals surface area contributed by atoms with Gasteiger partial charge >= 0.3 is 0 Å². The Balaban J connectivity index is 0.000000500. The maximum atomic E-state index is 13.6. The monoisotopic (exact) mass is 675 g/mol. The number of aromatic nitrogens is 1. The average molecular weight is 676 g/mol. The van der Waals surface area contributed by atoms with Crippen molar-refractivity contribution in [1.82, 2.24) is 19.9 Å². The smallest absolute Gasteiger partial charge is 0.246 e. The number of anilines is 1. The number of nitrogens with zero attached hydrogens (tertiary/aromatic N) is 2. The van der Waals surface area contributed by atoms with Crippen LogP contribution in [0.15, 0.2) is 47.7 Å². The molecule has 3 N–H and O–H groups in total. The molecule has 2 heterocycles. The normalized spacial score (nSPS) is 19.0. The molecule has 4 atom stereocenters. The van der Waals surface area contributed by atoms with Crippen molar-refractivity contribution in [3.05, 3.63) is 42.8 Å². The van der Waals surface area contributed by atoms with Crippen molar-refractivity contribution < 1.29 is 22.8 Å². The maximum absolute atomic E-state index is 13.6. The van der Waals surface area contributed by atoms with Gasteiger partial charge in [0.05, 0.1) is 10.9 Å². The largest absolute Gasteiger partial charge is 0.352 e. The van der Waals surface area contributed by atoms with Crippen LogP contribution in [0.3, 0.4) is 0 Å². The van der Waals surface area contributed by atoms with E-state index in [1.54, 1.807) is 11.2 Å². The number of carbonyl (C=O) groups is 3. The maximum Gasteiger partial charge on any atom is 0.246 e. The summed E-state index contributed by atoms with van der Waals surface area (Å²) in [5, 5.41) is 9.29. The minimum absolute atomic E-state index is 0.0241. The topological polar surface area (TPSA) is 138 Å². The van der Waals surface area contributed by atoms with Crippen molar-refractivity contribution in [2.75, 3.05) is 18.1 Å². The van der Waals surface area contributed by atoms with Gasteiger partial charge in [0.25, 0.3) is 0 Å². The first kappa shape index (κ1) is 37.8. The summed E-state index contributed by atoms with van der Waals surface area (Å²) in [7, 11) is -2.10. The lowest BCUT2D eigenvalue weighted by molar-refractivity contribution is -0.140. The molecule has 45 heavy (non-hydrogen) atoms. The molecule has 2 aliphatic carbocycles. The third-order valence-corrected chi connectivity index (χ3v) is 10.2. The van der Waals surface area contributed by atoms with E-state index in [0.717, 1.165) is 48.3 Å². The molecule has 1 aromatic carbocycles. The van der Waals surface area contributed by atoms with Gasteiger partial charge in [-0.1, -0.05) is 32.9 Å². The van der Waals surface area contributed by atoms with E-state index in [4.69, 9.17) is 4.98 Å². The van der Waals surface area contributed by atoms with Crippen LogP contribution in [0.25, 0.3) is 11.3 Å². The minimum atomic E-state index is -1.08. The molecule has 13 heteroatoms. The molecule has 246 valence electrons. The number of hydrogen-bond donors (Lipinski definition) is 3. The number of rotatable bonds is 10. The molecule has 5 rings (SSSR count). The molecule has 1 aliphatic heterocycles. The predicted octanol–water partition coefficient (Wildman–Crippen LogP) is 4.25. The van der Waals surface area contributed by atoms with Crippen LogP contribution in [-0.4, -0.2) is 72.7 Å². The van der Waals surface area contributed by atoms with Crippen molar-refractivity contribution in [3.63, 3.8) is 0 Å². The standard InChI is InChI=1S/C24H32N4O3S2.C4H7NO2S.C2H4.C2H2/c1-24(2,3)20(22(30)28-13-5-6-19(28)21(29)25-16-9-10-16)27-23-26-18(14-32-23)15-7-11-17(12-8-15)33(4)31;6-3-5-8(7)4-1-2-4;2*1-2/h7-8,11-12,14,16,19-20H,5-6,9-10,13H2,1-4H3,(H,25,29)(H,26,27);3-4H,1-2H2,(H,5,6);1-2H2;1-2H/t19-,20+,33?;;;/m0.../s1. The minimum Gasteiger partial charge on any atom is -0.352 e. The van der Waals surface area contributed by atoms with Crippen molar-refractivity contribution in [3.8, 4) is 24.1 Å². The van der Waals surface area contributed by atoms with E-state index >= 15 is 0 Å². The van der Waals surface area contributed by atoms with Crippen LogP contribution in [0.1, 0.15) is 59.3 Å². The first-order valence-electron chi connectivity index (χ1n) is 14.7. The second-order valence-electron chi connectivity index (χ2n) is 11.7. The van der Waals surface area contributed by atoms with Crippen LogP contribution in [0.2, 0.25) is 0 Å². The van der Waals surface area contributed by atoms with Crippen molar-refractivity contribution in [1.29, 1.82) is 0 Å². The molecule has 0 radical (unpaired) electrons. The van der Waals surface area contributed by atoms with E-state index in [2.05, 4.69) is 41.4 Å². The Hall–Kier alpha value is -3.34. The van der Waals surface area contributed by atoms with Gasteiger partial charge in [0.2, 0.25) is 18.2 Å². The zero-order valence-corrected chi connectivity index (χ0v) is 28.9. The van der Waals surface area contributed by atoms with E-state index in [9.17, 15) is 22.8 Å². The van der Waals surface area contributed by atoms with Gasteiger partial charge in [0.15, 0.2) is 5.13 Å². The van der Waals surface area contributed by atoms with Crippen LogP contribution >= 0.6 is 11.3 Å². The Morgan fingerprint density at radius 3 is 2.22 bits per heavy atom. The lowest BCUT2D eigenvalue weighted by Crippen LogP contribution is -2.54. The number of amides is 3. The van der Waals surface area contributed by atoms with Crippen LogP contribution in [-0.2, 0) is 36.2 Å². The van der Waals surface area contributed by atoms with E-state index in [1.807, 2.05) is 50.4 Å². The van der Waals surface area contributed by atoms with Gasteiger partial charge in [0.1, 0.15) is 23.1 Å². The number of benzene rings is 1. The van der Waals surface area contributed by atoms with Gasteiger partial charge in [0, 0.05) is 45.5 Å². The van der Waals surface area contributed by atoms with E-state index in [0.29, 0.717) is 24.5 Å². The van der Waals surface area contributed by atoms with Crippen molar-refractivity contribution in [2.45, 2.75) is 87.6 Å². The SMILES string of the molecule is C#C.C=C.CS(=O)c1ccc(-c2csc(N[C@H](C(=O)N3CCC[C@H]3C(=O)NC3CC3)C(C)(C)C)n2)cc1.O=CNS(=O)C1CC1. The number of hydrogen-bond acceptors (Lipinski definition) is 8. The van der Waals surface area contributed by atoms with Gasteiger partial charge in [-0.3, -0.25) is 23.3 Å². The lowest BCUT2D eigenvalue weighted by Gasteiger charge is -2.35. The van der Waals surface area contributed by atoms with Crippen molar-refractivity contribution >= 4 is 56.5 Å². The Morgan fingerprint density at radius 2 is 1.71 bits per heavy atom. The first-order chi connectivity index (χ1) is 21.5. The van der Waals surface area contributed by atoms with Crippen LogP contribution < -0.4 is 15.4 Å². The Morgan fingerprint density at radius 1 is 1.09 bits per heavy atom. The number of terminal acetylenes is 1. The number of likely N-dealkylation sites (tertiary alicyclic amines) is 1. The van der Waals surface area contributed by atoms with Gasteiger partial charge < -0.3 is 15.5 Å². The molecular formula is C32H45N5O5S3. The fraction of sp³-hybridized carbons (Fsp3) is 0.500. The Kier molecular flexibility index (Phi) is 15.1. The predicted molar refractivity (Wildman–Crippen MR) is 184 cm³/mol. The zero-order valence-electron chi connectivity index (χ0n) is 26.5. The summed E-state index contributed by atoms with van der Waals surface area (Å²) in [4.78, 5) is 43.2. The summed E-state index contributed by atoms with van der Waals surface area (Å²) in [6.45, 7) is 12.7. The molecule has 3 fully saturated rings. The second kappa shape index (κ2) is 18.0. The fourth-order valence-electron chi connectivity index (χ4n) is 4.48. The molecule has 10 nitrogen and oxygen atoms in total. The first-order valence-corrected chi connectivity index (χ1v) is 18.3. The number of carbonyl (C=O) groups excluding carboxylic acids is 3. The molecule has 3 amide bonds. The number of thiazole rings is 1. The summed E-state index contributed by atoms with van der Waals surface area (Å²) < 4.78 is 24.4. The molecular weight excluding hydrogens is 631 g/mol. The average Bonchev–Trinajstić information content (AvgIpc) is 3.95. The van der Waals surface area contributed by atoms with Crippen molar-refractivity contribution in [2.24, 2.45) is 5.41 Å². The van der Waals surface area contributed by atoms with Crippen LogP contribution in [0, 0.1) is 18.3 Å². The van der Waals surface area contributed by atoms with Gasteiger partial charge in [-0.05, 0) is 56.1 Å². The second-order valence-corrected chi connectivity index (χ2v) is 15.4. The zero-order chi connectivity index (χ0) is 33.7. The van der Waals surface area contributed by atoms with E-state index in [1.165, 1.54) is 11.3 Å². The molecule has 3 aliphatic rings. The number of nitrogens with one attached hydrogen (secondary N) is 3. The highest BCUT2D eigenvalue weighted by atomic mass is 32.2. The van der Waals surface area contributed by atoms with Gasteiger partial charge in [-0.2, -0.15) is 0 Å². The molecule has 0 bridgehead atoms. The molecule has 2 unspecified atom stereocenters. The Labute approximate surface area is 276 Å². The van der Waals surface area contributed by atoms with Gasteiger partial charge in [-0.25, -0.2) is 9.19 Å². The summed E-state index contributed by atoms with van der Waals surface area (Å²) >= 11 is 1.45. The third-order valence-electron chi connectivity index (χ3n) is 7.12. The Bertz CT molecular complexity index is 1350. The van der Waals surface area contributed by atoms with E-state index in [-0.39, 0.29) is 34.6 Å². The summed E-state index contributed by atoms with van der Waals surface area (Å²) in [5.41, 5.74) is 1.37. The molecule has 0 spiro atoms.